The van der Waals surface area contributed by atoms with Crippen LogP contribution in [0.1, 0.15) is 89.4 Å². The lowest BCUT2D eigenvalue weighted by molar-refractivity contribution is 0.628. The van der Waals surface area contributed by atoms with Gasteiger partial charge in [-0.2, -0.15) is 0 Å². The van der Waals surface area contributed by atoms with Crippen molar-refractivity contribution in [3.63, 3.8) is 0 Å². The standard InChI is InChI=1S/2C16H21NO/c2*1-2-3-4-5-6-9-13-12-16(18)14-10-7-8-11-15(14)17-13/h2*7-8,10-12H,2-6,9H2,1H3,(H,17,18). The molecule has 0 saturated heterocycles. The van der Waals surface area contributed by atoms with Crippen LogP contribution in [0.4, 0.5) is 0 Å². The second-order valence-electron chi connectivity index (χ2n) is 9.74. The number of hydrogen-bond acceptors (Lipinski definition) is 2. The summed E-state index contributed by atoms with van der Waals surface area (Å²) in [6.45, 7) is 4.45. The van der Waals surface area contributed by atoms with Crippen LogP contribution in [-0.2, 0) is 12.8 Å². The lowest BCUT2D eigenvalue weighted by atomic mass is 10.1. The van der Waals surface area contributed by atoms with Crippen molar-refractivity contribution in [1.29, 1.82) is 0 Å². The monoisotopic (exact) mass is 486 g/mol. The van der Waals surface area contributed by atoms with Crippen LogP contribution in [0, 0.1) is 0 Å². The molecule has 2 N–H and O–H groups in total. The number of benzene rings is 2. The maximum atomic E-state index is 11.9. The van der Waals surface area contributed by atoms with Gasteiger partial charge in [-0.3, -0.25) is 9.59 Å². The molecule has 0 fully saturated rings. The Balaban J connectivity index is 0.000000201. The number of H-pyrrole nitrogens is 2. The predicted molar refractivity (Wildman–Crippen MR) is 154 cm³/mol. The first kappa shape index (κ1) is 27.4. The van der Waals surface area contributed by atoms with E-state index in [0.29, 0.717) is 0 Å². The molecule has 192 valence electrons. The van der Waals surface area contributed by atoms with Gasteiger partial charge >= 0.3 is 0 Å². The normalized spacial score (nSPS) is 10.9. The lowest BCUT2D eigenvalue weighted by Gasteiger charge is -2.04. The van der Waals surface area contributed by atoms with Gasteiger partial charge in [-0.15, -0.1) is 0 Å². The van der Waals surface area contributed by atoms with Crippen LogP contribution in [0.2, 0.25) is 0 Å². The summed E-state index contributed by atoms with van der Waals surface area (Å²) in [5.74, 6) is 0. The minimum atomic E-state index is 0.132. The maximum absolute atomic E-state index is 11.9. The van der Waals surface area contributed by atoms with Crippen LogP contribution >= 0.6 is 0 Å². The number of nitrogens with one attached hydrogen (secondary N) is 2. The highest BCUT2D eigenvalue weighted by molar-refractivity contribution is 5.78. The zero-order chi connectivity index (χ0) is 25.6. The minimum absolute atomic E-state index is 0.132. The summed E-state index contributed by atoms with van der Waals surface area (Å²) in [5, 5.41) is 1.57. The summed E-state index contributed by atoms with van der Waals surface area (Å²) >= 11 is 0. The van der Waals surface area contributed by atoms with Gasteiger partial charge < -0.3 is 9.97 Å². The first-order valence-electron chi connectivity index (χ1n) is 13.8. The van der Waals surface area contributed by atoms with Crippen molar-refractivity contribution in [3.05, 3.63) is 92.5 Å². The van der Waals surface area contributed by atoms with Crippen molar-refractivity contribution in [1.82, 2.24) is 9.97 Å². The van der Waals surface area contributed by atoms with E-state index in [1.807, 2.05) is 48.5 Å². The minimum Gasteiger partial charge on any atom is -0.358 e. The fraction of sp³-hybridized carbons (Fsp3) is 0.438. The molecule has 4 rings (SSSR count). The third kappa shape index (κ3) is 8.51. The smallest absolute Gasteiger partial charge is 0.189 e. The zero-order valence-electron chi connectivity index (χ0n) is 22.1. The largest absolute Gasteiger partial charge is 0.358 e. The summed E-state index contributed by atoms with van der Waals surface area (Å²) in [5.41, 5.74) is 4.30. The van der Waals surface area contributed by atoms with Gasteiger partial charge in [-0.25, -0.2) is 0 Å². The lowest BCUT2D eigenvalue weighted by Crippen LogP contribution is -2.05. The van der Waals surface area contributed by atoms with Crippen molar-refractivity contribution in [2.75, 3.05) is 0 Å². The Morgan fingerprint density at radius 2 is 0.917 bits per heavy atom. The number of fused-ring (bicyclic) bond motifs is 2. The molecule has 0 aliphatic heterocycles. The molecule has 0 radical (unpaired) electrons. The number of aromatic amines is 2. The molecule has 0 unspecified atom stereocenters. The quantitative estimate of drug-likeness (QED) is 0.199. The predicted octanol–water partition coefficient (Wildman–Crippen LogP) is 8.08. The summed E-state index contributed by atoms with van der Waals surface area (Å²) in [6.07, 6.45) is 14.5. The van der Waals surface area contributed by atoms with Gasteiger partial charge in [0.05, 0.1) is 0 Å². The molecular weight excluding hydrogens is 444 g/mol. The molecule has 0 aliphatic carbocycles. The molecule has 0 spiro atoms. The molecule has 4 nitrogen and oxygen atoms in total. The average molecular weight is 487 g/mol. The van der Waals surface area contributed by atoms with Gasteiger partial charge in [-0.1, -0.05) is 89.5 Å². The number of aryl methyl sites for hydroxylation is 2. The molecular formula is C32H42N2O2. The first-order valence-corrected chi connectivity index (χ1v) is 13.8. The Morgan fingerprint density at radius 1 is 0.528 bits per heavy atom. The van der Waals surface area contributed by atoms with E-state index in [4.69, 9.17) is 0 Å². The van der Waals surface area contributed by atoms with Crippen LogP contribution in [0.25, 0.3) is 21.8 Å². The number of pyridine rings is 2. The van der Waals surface area contributed by atoms with Crippen molar-refractivity contribution in [2.45, 2.75) is 90.9 Å². The number of aromatic nitrogens is 2. The average Bonchev–Trinajstić information content (AvgIpc) is 2.89. The Kier molecular flexibility index (Phi) is 11.5. The van der Waals surface area contributed by atoms with E-state index in [1.54, 1.807) is 12.1 Å². The second kappa shape index (κ2) is 15.1. The SMILES string of the molecule is CCCCCCCc1cc(=O)c2ccccc2[nH]1.CCCCCCCc1cc(=O)c2ccccc2[nH]1. The molecule has 0 amide bonds. The molecule has 0 bridgehead atoms. The van der Waals surface area contributed by atoms with E-state index in [1.165, 1.54) is 51.4 Å². The van der Waals surface area contributed by atoms with E-state index in [9.17, 15) is 9.59 Å². The third-order valence-corrected chi connectivity index (χ3v) is 6.69. The number of hydrogen-bond donors (Lipinski definition) is 2. The molecule has 36 heavy (non-hydrogen) atoms. The highest BCUT2D eigenvalue weighted by Gasteiger charge is 2.02. The molecule has 2 aromatic carbocycles. The highest BCUT2D eigenvalue weighted by Crippen LogP contribution is 2.12. The van der Waals surface area contributed by atoms with Crippen LogP contribution < -0.4 is 10.9 Å². The molecule has 0 atom stereocenters. The number of para-hydroxylation sites is 2. The van der Waals surface area contributed by atoms with Crippen molar-refractivity contribution in [3.8, 4) is 0 Å². The molecule has 2 aromatic heterocycles. The fourth-order valence-electron chi connectivity index (χ4n) is 4.61. The molecule has 2 heterocycles. The van der Waals surface area contributed by atoms with Crippen LogP contribution in [0.3, 0.4) is 0 Å². The van der Waals surface area contributed by atoms with Crippen molar-refractivity contribution < 1.29 is 0 Å². The highest BCUT2D eigenvalue weighted by atomic mass is 16.1. The van der Waals surface area contributed by atoms with Gasteiger partial charge in [0, 0.05) is 45.3 Å². The molecule has 4 heteroatoms. The van der Waals surface area contributed by atoms with Crippen molar-refractivity contribution in [2.24, 2.45) is 0 Å². The van der Waals surface area contributed by atoms with Gasteiger partial charge in [0.25, 0.3) is 0 Å². The van der Waals surface area contributed by atoms with Crippen LogP contribution in [0.15, 0.2) is 70.3 Å². The summed E-state index contributed by atoms with van der Waals surface area (Å²) in [6, 6.07) is 18.9. The van der Waals surface area contributed by atoms with E-state index in [0.717, 1.165) is 58.9 Å². The molecule has 4 aromatic rings. The Labute approximate surface area is 215 Å². The van der Waals surface area contributed by atoms with Crippen LogP contribution in [0.5, 0.6) is 0 Å². The van der Waals surface area contributed by atoms with Gasteiger partial charge in [0.1, 0.15) is 0 Å². The van der Waals surface area contributed by atoms with Crippen LogP contribution in [-0.4, -0.2) is 9.97 Å². The molecule has 0 aliphatic rings. The Morgan fingerprint density at radius 3 is 1.33 bits per heavy atom. The van der Waals surface area contributed by atoms with Gasteiger partial charge in [-0.05, 0) is 49.9 Å². The second-order valence-corrected chi connectivity index (χ2v) is 9.74. The topological polar surface area (TPSA) is 65.7 Å². The van der Waals surface area contributed by atoms with Gasteiger partial charge in [0.2, 0.25) is 0 Å². The van der Waals surface area contributed by atoms with E-state index >= 15 is 0 Å². The number of rotatable bonds is 12. The van der Waals surface area contributed by atoms with Crippen molar-refractivity contribution >= 4 is 21.8 Å². The van der Waals surface area contributed by atoms with E-state index in [-0.39, 0.29) is 10.9 Å². The van der Waals surface area contributed by atoms with E-state index in [2.05, 4.69) is 23.8 Å². The van der Waals surface area contributed by atoms with E-state index < -0.39 is 0 Å². The third-order valence-electron chi connectivity index (χ3n) is 6.69. The summed E-state index contributed by atoms with van der Waals surface area (Å²) in [7, 11) is 0. The Hall–Kier alpha value is -3.14. The Bertz CT molecular complexity index is 1220. The summed E-state index contributed by atoms with van der Waals surface area (Å²) < 4.78 is 0. The summed E-state index contributed by atoms with van der Waals surface area (Å²) in [4.78, 5) is 30.5. The zero-order valence-corrected chi connectivity index (χ0v) is 22.1. The fourth-order valence-corrected chi connectivity index (χ4v) is 4.61. The maximum Gasteiger partial charge on any atom is 0.189 e. The van der Waals surface area contributed by atoms with Gasteiger partial charge in [0.15, 0.2) is 10.9 Å². The molecule has 0 saturated carbocycles. The number of unbranched alkanes of at least 4 members (excludes halogenated alkanes) is 8. The first-order chi connectivity index (χ1) is 17.6.